The van der Waals surface area contributed by atoms with E-state index in [4.69, 9.17) is 14.3 Å². The molecule has 7 nitrogen and oxygen atoms in total. The number of rotatable bonds is 8. The molecule has 32 heavy (non-hydrogen) atoms. The molecule has 1 aliphatic heterocycles. The number of hydrogen-bond donors (Lipinski definition) is 1. The van der Waals surface area contributed by atoms with Gasteiger partial charge in [0.15, 0.2) is 11.5 Å². The molecule has 0 fully saturated rings. The molecular weight excluding hydrogens is 424 g/mol. The van der Waals surface area contributed by atoms with Crippen molar-refractivity contribution in [2.24, 2.45) is 0 Å². The molecule has 4 rings (SSSR count). The van der Waals surface area contributed by atoms with Crippen LogP contribution in [0.4, 0.5) is 8.78 Å². The third-order valence-electron chi connectivity index (χ3n) is 4.76. The third kappa shape index (κ3) is 4.82. The largest absolute Gasteiger partial charge is 0.586 e. The molecule has 0 amide bonds. The molecule has 0 atom stereocenters. The van der Waals surface area contributed by atoms with Crippen molar-refractivity contribution in [3.63, 3.8) is 0 Å². The Bertz CT molecular complexity index is 1140. The summed E-state index contributed by atoms with van der Waals surface area (Å²) in [7, 11) is 0. The van der Waals surface area contributed by atoms with Gasteiger partial charge in [0.1, 0.15) is 11.5 Å². The number of halogens is 2. The molecule has 9 heteroatoms. The van der Waals surface area contributed by atoms with E-state index < -0.39 is 12.3 Å². The Balaban J connectivity index is 1.48. The number of carboxylic acids is 1. The van der Waals surface area contributed by atoms with Gasteiger partial charge in [-0.1, -0.05) is 26.0 Å². The Morgan fingerprint density at radius 2 is 1.94 bits per heavy atom. The second-order valence-corrected chi connectivity index (χ2v) is 7.63. The first-order chi connectivity index (χ1) is 15.2. The van der Waals surface area contributed by atoms with Gasteiger partial charge in [-0.25, -0.2) is 4.98 Å². The van der Waals surface area contributed by atoms with Crippen LogP contribution in [0.15, 0.2) is 46.9 Å². The average molecular weight is 445 g/mol. The van der Waals surface area contributed by atoms with E-state index in [1.165, 1.54) is 12.1 Å². The van der Waals surface area contributed by atoms with Crippen molar-refractivity contribution >= 4 is 5.97 Å². The predicted molar refractivity (Wildman–Crippen MR) is 109 cm³/mol. The van der Waals surface area contributed by atoms with E-state index in [0.717, 1.165) is 0 Å². The van der Waals surface area contributed by atoms with Gasteiger partial charge in [-0.3, -0.25) is 4.79 Å². The normalized spacial score (nSPS) is 14.0. The minimum atomic E-state index is -3.69. The highest BCUT2D eigenvalue weighted by molar-refractivity contribution is 5.70. The Morgan fingerprint density at radius 1 is 1.16 bits per heavy atom. The highest BCUT2D eigenvalue weighted by Crippen LogP contribution is 2.43. The van der Waals surface area contributed by atoms with Gasteiger partial charge in [0.05, 0.1) is 18.7 Å². The maximum atomic E-state index is 13.3. The standard InChI is InChI=1S/C23H21F2NO6/c1-13(2)21-17(8-9-29-16-5-3-4-14(10-16)11-20(27)28)26-22(30-21)15-6-7-18-19(12-15)32-23(24,25)31-18/h3-7,10,12-13H,8-9,11H2,1-2H3,(H,27,28). The van der Waals surface area contributed by atoms with Crippen LogP contribution in [0.1, 0.15) is 36.8 Å². The molecule has 1 aliphatic rings. The second kappa shape index (κ2) is 8.49. The molecule has 3 aromatic rings. The van der Waals surface area contributed by atoms with Crippen LogP contribution in [-0.2, 0) is 17.6 Å². The molecule has 168 valence electrons. The summed E-state index contributed by atoms with van der Waals surface area (Å²) in [6, 6.07) is 11.3. The lowest BCUT2D eigenvalue weighted by atomic mass is 10.1. The van der Waals surface area contributed by atoms with Gasteiger partial charge in [0.25, 0.3) is 0 Å². The molecular formula is C23H21F2NO6. The summed E-state index contributed by atoms with van der Waals surface area (Å²) in [5.74, 6) is 0.529. The molecule has 0 unspecified atom stereocenters. The van der Waals surface area contributed by atoms with Crippen LogP contribution in [0, 0.1) is 0 Å². The van der Waals surface area contributed by atoms with Crippen molar-refractivity contribution in [2.45, 2.75) is 38.9 Å². The van der Waals surface area contributed by atoms with E-state index in [1.807, 2.05) is 13.8 Å². The fourth-order valence-corrected chi connectivity index (χ4v) is 3.38. The molecule has 1 aromatic heterocycles. The number of oxazole rings is 1. The summed E-state index contributed by atoms with van der Waals surface area (Å²) in [6.07, 6.45) is -3.32. The lowest BCUT2D eigenvalue weighted by molar-refractivity contribution is -0.286. The van der Waals surface area contributed by atoms with E-state index in [9.17, 15) is 13.6 Å². The molecule has 1 N–H and O–H groups in total. The van der Waals surface area contributed by atoms with E-state index in [2.05, 4.69) is 14.5 Å². The number of carbonyl (C=O) groups is 1. The molecule has 2 heterocycles. The highest BCUT2D eigenvalue weighted by atomic mass is 19.3. The number of carboxylic acid groups (broad SMARTS) is 1. The zero-order chi connectivity index (χ0) is 22.9. The van der Waals surface area contributed by atoms with E-state index in [1.54, 1.807) is 30.3 Å². The molecule has 0 aliphatic carbocycles. The number of fused-ring (bicyclic) bond motifs is 1. The number of benzene rings is 2. The van der Waals surface area contributed by atoms with Gasteiger partial charge in [0, 0.05) is 17.9 Å². The first-order valence-corrected chi connectivity index (χ1v) is 10.0. The number of nitrogens with zero attached hydrogens (tertiary/aromatic N) is 1. The maximum Gasteiger partial charge on any atom is 0.586 e. The van der Waals surface area contributed by atoms with Gasteiger partial charge in [-0.2, -0.15) is 0 Å². The highest BCUT2D eigenvalue weighted by Gasteiger charge is 2.43. The van der Waals surface area contributed by atoms with Crippen molar-refractivity contribution in [1.82, 2.24) is 4.98 Å². The second-order valence-electron chi connectivity index (χ2n) is 7.63. The smallest absolute Gasteiger partial charge is 0.493 e. The van der Waals surface area contributed by atoms with Crippen LogP contribution >= 0.6 is 0 Å². The van der Waals surface area contributed by atoms with E-state index in [0.29, 0.717) is 41.4 Å². The molecule has 0 saturated carbocycles. The van der Waals surface area contributed by atoms with Crippen LogP contribution < -0.4 is 14.2 Å². The Morgan fingerprint density at radius 3 is 2.69 bits per heavy atom. The van der Waals surface area contributed by atoms with Crippen LogP contribution in [-0.4, -0.2) is 29.0 Å². The average Bonchev–Trinajstić information content (AvgIpc) is 3.26. The summed E-state index contributed by atoms with van der Waals surface area (Å²) in [4.78, 5) is 15.4. The SMILES string of the molecule is CC(C)c1oc(-c2ccc3c(c2)OC(F)(F)O3)nc1CCOc1cccc(CC(=O)O)c1. The van der Waals surface area contributed by atoms with Crippen molar-refractivity contribution in [2.75, 3.05) is 6.61 Å². The summed E-state index contributed by atoms with van der Waals surface area (Å²) >= 11 is 0. The number of ether oxygens (including phenoxy) is 3. The molecule has 2 aromatic carbocycles. The topological polar surface area (TPSA) is 91.0 Å². The molecule has 0 bridgehead atoms. The first kappa shape index (κ1) is 21.6. The van der Waals surface area contributed by atoms with Gasteiger partial charge >= 0.3 is 12.3 Å². The zero-order valence-corrected chi connectivity index (χ0v) is 17.4. The zero-order valence-electron chi connectivity index (χ0n) is 17.4. The summed E-state index contributed by atoms with van der Waals surface area (Å²) in [5.41, 5.74) is 1.83. The lowest BCUT2D eigenvalue weighted by Crippen LogP contribution is -2.25. The van der Waals surface area contributed by atoms with E-state index in [-0.39, 0.29) is 29.7 Å². The van der Waals surface area contributed by atoms with Crippen molar-refractivity contribution in [1.29, 1.82) is 0 Å². The van der Waals surface area contributed by atoms with Crippen LogP contribution in [0.5, 0.6) is 17.2 Å². The van der Waals surface area contributed by atoms with Gasteiger partial charge in [-0.15, -0.1) is 8.78 Å². The van der Waals surface area contributed by atoms with E-state index >= 15 is 0 Å². The molecule has 0 saturated heterocycles. The Kier molecular flexibility index (Phi) is 5.73. The Hall–Kier alpha value is -3.62. The van der Waals surface area contributed by atoms with Crippen LogP contribution in [0.2, 0.25) is 0 Å². The third-order valence-corrected chi connectivity index (χ3v) is 4.76. The van der Waals surface area contributed by atoms with Gasteiger partial charge in [0.2, 0.25) is 5.89 Å². The number of hydrogen-bond acceptors (Lipinski definition) is 6. The number of aliphatic carboxylic acids is 1. The summed E-state index contributed by atoms with van der Waals surface area (Å²) < 4.78 is 47.2. The minimum absolute atomic E-state index is 0.0449. The quantitative estimate of drug-likeness (QED) is 0.520. The maximum absolute atomic E-state index is 13.3. The summed E-state index contributed by atoms with van der Waals surface area (Å²) in [5, 5.41) is 8.93. The number of alkyl halides is 2. The fraction of sp³-hybridized carbons (Fsp3) is 0.304. The van der Waals surface area contributed by atoms with Gasteiger partial charge in [-0.05, 0) is 35.9 Å². The monoisotopic (exact) mass is 445 g/mol. The summed E-state index contributed by atoms with van der Waals surface area (Å²) in [6.45, 7) is 4.23. The molecule has 0 radical (unpaired) electrons. The predicted octanol–water partition coefficient (Wildman–Crippen LogP) is 5.04. The van der Waals surface area contributed by atoms with Gasteiger partial charge < -0.3 is 23.7 Å². The lowest BCUT2D eigenvalue weighted by Gasteiger charge is -2.08. The van der Waals surface area contributed by atoms with Crippen molar-refractivity contribution < 1.29 is 37.3 Å². The van der Waals surface area contributed by atoms with Crippen molar-refractivity contribution in [3.05, 3.63) is 59.5 Å². The van der Waals surface area contributed by atoms with Crippen LogP contribution in [0.25, 0.3) is 11.5 Å². The first-order valence-electron chi connectivity index (χ1n) is 10.0. The number of aromatic nitrogens is 1. The molecule has 0 spiro atoms. The Labute approximate surface area is 182 Å². The fourth-order valence-electron chi connectivity index (χ4n) is 3.38. The van der Waals surface area contributed by atoms with Crippen LogP contribution in [0.3, 0.4) is 0 Å². The minimum Gasteiger partial charge on any atom is -0.493 e. The van der Waals surface area contributed by atoms with Crippen molar-refractivity contribution in [3.8, 4) is 28.7 Å².